The molecule has 0 N–H and O–H groups in total. The summed E-state index contributed by atoms with van der Waals surface area (Å²) in [6, 6.07) is 8.81. The van der Waals surface area contributed by atoms with Crippen molar-refractivity contribution in [2.45, 2.75) is 32.4 Å². The van der Waals surface area contributed by atoms with Crippen molar-refractivity contribution in [2.24, 2.45) is 5.92 Å². The van der Waals surface area contributed by atoms with Gasteiger partial charge in [0.2, 0.25) is 0 Å². The lowest BCUT2D eigenvalue weighted by Crippen LogP contribution is -2.38. The average molecular weight is 358 g/mol. The third-order valence-corrected chi connectivity index (χ3v) is 5.22. The van der Waals surface area contributed by atoms with Crippen molar-refractivity contribution in [1.29, 1.82) is 0 Å². The summed E-state index contributed by atoms with van der Waals surface area (Å²) in [4.78, 5) is 4.63. The van der Waals surface area contributed by atoms with Gasteiger partial charge in [0.1, 0.15) is 0 Å². The number of methoxy groups -OCH3 is 1. The number of benzene rings is 1. The molecule has 0 aliphatic carbocycles. The van der Waals surface area contributed by atoms with Gasteiger partial charge in [-0.25, -0.2) is 4.68 Å². The minimum atomic E-state index is 0.0746. The Morgan fingerprint density at radius 2 is 1.88 bits per heavy atom. The summed E-state index contributed by atoms with van der Waals surface area (Å²) in [6.07, 6.45) is 2.43. The fraction of sp³-hybridized carbons (Fsp3) is 0.632. The quantitative estimate of drug-likeness (QED) is 0.756. The first-order chi connectivity index (χ1) is 12.6. The molecule has 0 amide bonds. The van der Waals surface area contributed by atoms with Crippen molar-refractivity contribution in [2.75, 3.05) is 45.8 Å². The van der Waals surface area contributed by atoms with Gasteiger partial charge < -0.3 is 9.64 Å². The molecule has 0 unspecified atom stereocenters. The number of hydrogen-bond donors (Lipinski definition) is 0. The van der Waals surface area contributed by atoms with Crippen molar-refractivity contribution in [3.8, 4) is 0 Å². The number of rotatable bonds is 7. The molecule has 1 saturated heterocycles. The molecule has 7 nitrogen and oxygen atoms in total. The van der Waals surface area contributed by atoms with Crippen LogP contribution >= 0.6 is 0 Å². The van der Waals surface area contributed by atoms with Gasteiger partial charge >= 0.3 is 0 Å². The second kappa shape index (κ2) is 8.60. The zero-order valence-corrected chi connectivity index (χ0v) is 16.3. The summed E-state index contributed by atoms with van der Waals surface area (Å²) in [6.45, 7) is 5.73. The van der Waals surface area contributed by atoms with Crippen LogP contribution in [0.5, 0.6) is 0 Å². The number of nitrogens with zero attached hydrogens (tertiary/aromatic N) is 6. The lowest BCUT2D eigenvalue weighted by atomic mass is 9.95. The second-order valence-electron chi connectivity index (χ2n) is 7.36. The van der Waals surface area contributed by atoms with Gasteiger partial charge in [-0.15, -0.1) is 5.10 Å². The van der Waals surface area contributed by atoms with Crippen LogP contribution < -0.4 is 4.90 Å². The van der Waals surface area contributed by atoms with Gasteiger partial charge in [0.25, 0.3) is 0 Å². The summed E-state index contributed by atoms with van der Waals surface area (Å²) in [5, 5.41) is 12.5. The highest BCUT2D eigenvalue weighted by molar-refractivity contribution is 5.47. The molecule has 0 bridgehead atoms. The highest BCUT2D eigenvalue weighted by Gasteiger charge is 2.30. The number of hydrogen-bond acceptors (Lipinski definition) is 6. The van der Waals surface area contributed by atoms with E-state index in [4.69, 9.17) is 4.74 Å². The topological polar surface area (TPSA) is 59.3 Å². The lowest BCUT2D eigenvalue weighted by molar-refractivity contribution is 0.144. The average Bonchev–Trinajstić information content (AvgIpc) is 3.10. The van der Waals surface area contributed by atoms with Crippen LogP contribution in [0.3, 0.4) is 0 Å². The van der Waals surface area contributed by atoms with Gasteiger partial charge in [-0.3, -0.25) is 4.90 Å². The molecule has 2 aromatic rings. The van der Waals surface area contributed by atoms with Crippen LogP contribution in [0.15, 0.2) is 24.3 Å². The van der Waals surface area contributed by atoms with Crippen molar-refractivity contribution < 1.29 is 4.74 Å². The third kappa shape index (κ3) is 4.22. The largest absolute Gasteiger partial charge is 0.383 e. The SMILES string of the molecule is COCCn1nnnc1[C@H](c1ccc(N(C)C)cc1)N1CCC(C)CC1. The molecular weight excluding hydrogens is 328 g/mol. The van der Waals surface area contributed by atoms with E-state index >= 15 is 0 Å². The van der Waals surface area contributed by atoms with Gasteiger partial charge in [-0.2, -0.15) is 0 Å². The maximum Gasteiger partial charge on any atom is 0.173 e. The van der Waals surface area contributed by atoms with E-state index in [-0.39, 0.29) is 6.04 Å². The van der Waals surface area contributed by atoms with E-state index in [1.54, 1.807) is 7.11 Å². The Hall–Kier alpha value is -1.99. The predicted molar refractivity (Wildman–Crippen MR) is 102 cm³/mol. The Labute approximate surface area is 155 Å². The number of tetrazole rings is 1. The third-order valence-electron chi connectivity index (χ3n) is 5.22. The summed E-state index contributed by atoms with van der Waals surface area (Å²) in [5.41, 5.74) is 2.43. The highest BCUT2D eigenvalue weighted by atomic mass is 16.5. The molecule has 3 rings (SSSR count). The zero-order valence-electron chi connectivity index (χ0n) is 16.3. The highest BCUT2D eigenvalue weighted by Crippen LogP contribution is 2.32. The molecule has 0 spiro atoms. The van der Waals surface area contributed by atoms with Crippen LogP contribution in [0.2, 0.25) is 0 Å². The second-order valence-corrected chi connectivity index (χ2v) is 7.36. The number of anilines is 1. The molecule has 7 heteroatoms. The van der Waals surface area contributed by atoms with Crippen molar-refractivity contribution in [3.63, 3.8) is 0 Å². The van der Waals surface area contributed by atoms with Crippen molar-refractivity contribution >= 4 is 5.69 Å². The number of aromatic nitrogens is 4. The van der Waals surface area contributed by atoms with Crippen LogP contribution in [-0.2, 0) is 11.3 Å². The number of likely N-dealkylation sites (tertiary alicyclic amines) is 1. The maximum atomic E-state index is 5.22. The molecule has 26 heavy (non-hydrogen) atoms. The standard InChI is InChI=1S/C19H30N6O/c1-15-9-11-24(12-10-15)18(16-5-7-17(8-6-16)23(2)3)19-20-21-22-25(19)13-14-26-4/h5-8,15,18H,9-14H2,1-4H3/t18-/m0/s1. The minimum Gasteiger partial charge on any atom is -0.383 e. The van der Waals surface area contributed by atoms with E-state index in [0.29, 0.717) is 13.2 Å². The van der Waals surface area contributed by atoms with E-state index in [1.165, 1.54) is 24.1 Å². The Morgan fingerprint density at radius 3 is 2.50 bits per heavy atom. The summed E-state index contributed by atoms with van der Waals surface area (Å²) < 4.78 is 7.10. The lowest BCUT2D eigenvalue weighted by Gasteiger charge is -2.36. The summed E-state index contributed by atoms with van der Waals surface area (Å²) in [7, 11) is 5.82. The van der Waals surface area contributed by atoms with Gasteiger partial charge in [0.15, 0.2) is 5.82 Å². The number of ether oxygens (including phenoxy) is 1. The Balaban J connectivity index is 1.93. The summed E-state index contributed by atoms with van der Waals surface area (Å²) >= 11 is 0. The monoisotopic (exact) mass is 358 g/mol. The summed E-state index contributed by atoms with van der Waals surface area (Å²) in [5.74, 6) is 1.68. The zero-order chi connectivity index (χ0) is 18.5. The fourth-order valence-electron chi connectivity index (χ4n) is 3.51. The number of piperidine rings is 1. The minimum absolute atomic E-state index is 0.0746. The van der Waals surface area contributed by atoms with Gasteiger partial charge in [0, 0.05) is 26.9 Å². The van der Waals surface area contributed by atoms with Gasteiger partial charge in [0.05, 0.1) is 19.2 Å². The molecule has 1 aliphatic heterocycles. The molecule has 142 valence electrons. The van der Waals surface area contributed by atoms with Crippen LogP contribution in [0.1, 0.15) is 37.2 Å². The molecule has 2 heterocycles. The van der Waals surface area contributed by atoms with E-state index in [0.717, 1.165) is 24.8 Å². The predicted octanol–water partition coefficient (Wildman–Crippen LogP) is 2.21. The van der Waals surface area contributed by atoms with Gasteiger partial charge in [-0.1, -0.05) is 19.1 Å². The molecule has 1 aromatic heterocycles. The van der Waals surface area contributed by atoms with E-state index < -0.39 is 0 Å². The maximum absolute atomic E-state index is 5.22. The molecular formula is C19H30N6O. The van der Waals surface area contributed by atoms with E-state index in [9.17, 15) is 0 Å². The molecule has 1 aromatic carbocycles. The first-order valence-corrected chi connectivity index (χ1v) is 9.36. The van der Waals surface area contributed by atoms with Crippen molar-refractivity contribution in [3.05, 3.63) is 35.7 Å². The van der Waals surface area contributed by atoms with Gasteiger partial charge in [-0.05, 0) is 60.0 Å². The van der Waals surface area contributed by atoms with E-state index in [2.05, 4.69) is 70.6 Å². The normalized spacial score (nSPS) is 17.4. The molecule has 1 fully saturated rings. The first kappa shape index (κ1) is 18.8. The van der Waals surface area contributed by atoms with Crippen LogP contribution in [0, 0.1) is 5.92 Å². The molecule has 1 atom stereocenters. The fourth-order valence-corrected chi connectivity index (χ4v) is 3.51. The Bertz CT molecular complexity index is 676. The van der Waals surface area contributed by atoms with Crippen LogP contribution in [0.25, 0.3) is 0 Å². The smallest absolute Gasteiger partial charge is 0.173 e. The molecule has 0 saturated carbocycles. The molecule has 1 aliphatic rings. The van der Waals surface area contributed by atoms with Crippen LogP contribution in [-0.4, -0.2) is 66.0 Å². The van der Waals surface area contributed by atoms with Crippen LogP contribution in [0.4, 0.5) is 5.69 Å². The van der Waals surface area contributed by atoms with E-state index in [1.807, 2.05) is 4.68 Å². The van der Waals surface area contributed by atoms with Crippen molar-refractivity contribution in [1.82, 2.24) is 25.1 Å². The first-order valence-electron chi connectivity index (χ1n) is 9.36. The molecule has 0 radical (unpaired) electrons. The Kier molecular flexibility index (Phi) is 6.21. The Morgan fingerprint density at radius 1 is 1.19 bits per heavy atom.